The van der Waals surface area contributed by atoms with Crippen molar-refractivity contribution in [2.24, 2.45) is 0 Å². The van der Waals surface area contributed by atoms with Gasteiger partial charge in [0.1, 0.15) is 0 Å². The largest absolute Gasteiger partial charge is 0.355 e. The molecule has 3 N–H and O–H groups in total. The van der Waals surface area contributed by atoms with Crippen molar-refractivity contribution in [1.29, 1.82) is 0 Å². The van der Waals surface area contributed by atoms with E-state index in [9.17, 15) is 14.4 Å². The van der Waals surface area contributed by atoms with Gasteiger partial charge in [-0.3, -0.25) is 14.4 Å². The van der Waals surface area contributed by atoms with Crippen LogP contribution < -0.4 is 16.0 Å². The monoisotopic (exact) mass is 213 g/mol. The number of rotatable bonds is 4. The van der Waals surface area contributed by atoms with Crippen LogP contribution in [-0.4, -0.2) is 36.9 Å². The highest BCUT2D eigenvalue weighted by molar-refractivity contribution is 6.35. The zero-order valence-corrected chi connectivity index (χ0v) is 8.63. The summed E-state index contributed by atoms with van der Waals surface area (Å²) in [5.74, 6) is -1.40. The number of hydrogen-bond acceptors (Lipinski definition) is 3. The molecule has 0 atom stereocenters. The summed E-state index contributed by atoms with van der Waals surface area (Å²) in [5.41, 5.74) is 0. The molecule has 84 valence electrons. The SMILES string of the molecule is CC(=O)NCCNC(=O)C(=O)NC1CC1. The Morgan fingerprint density at radius 1 is 1.07 bits per heavy atom. The highest BCUT2D eigenvalue weighted by atomic mass is 16.2. The van der Waals surface area contributed by atoms with Gasteiger partial charge in [0.15, 0.2) is 0 Å². The molecule has 3 amide bonds. The first-order valence-corrected chi connectivity index (χ1v) is 4.92. The predicted molar refractivity (Wildman–Crippen MR) is 52.9 cm³/mol. The average Bonchev–Trinajstić information content (AvgIpc) is 2.95. The van der Waals surface area contributed by atoms with Crippen molar-refractivity contribution in [3.05, 3.63) is 0 Å². The zero-order valence-electron chi connectivity index (χ0n) is 8.63. The lowest BCUT2D eigenvalue weighted by Gasteiger charge is -2.05. The minimum Gasteiger partial charge on any atom is -0.355 e. The van der Waals surface area contributed by atoms with Gasteiger partial charge in [-0.1, -0.05) is 0 Å². The Balaban J connectivity index is 2.06. The normalized spacial score (nSPS) is 14.2. The first-order valence-electron chi connectivity index (χ1n) is 4.92. The lowest BCUT2D eigenvalue weighted by atomic mass is 10.5. The average molecular weight is 213 g/mol. The van der Waals surface area contributed by atoms with Crippen molar-refractivity contribution in [1.82, 2.24) is 16.0 Å². The third-order valence-corrected chi connectivity index (χ3v) is 1.90. The maximum atomic E-state index is 11.1. The number of amides is 3. The molecule has 0 radical (unpaired) electrons. The van der Waals surface area contributed by atoms with Gasteiger partial charge >= 0.3 is 11.8 Å². The summed E-state index contributed by atoms with van der Waals surface area (Å²) >= 11 is 0. The summed E-state index contributed by atoms with van der Waals surface area (Å²) < 4.78 is 0. The molecule has 1 fully saturated rings. The highest BCUT2D eigenvalue weighted by Gasteiger charge is 2.25. The van der Waals surface area contributed by atoms with Gasteiger partial charge in [-0.2, -0.15) is 0 Å². The second-order valence-electron chi connectivity index (χ2n) is 3.49. The van der Waals surface area contributed by atoms with Crippen molar-refractivity contribution in [2.75, 3.05) is 13.1 Å². The zero-order chi connectivity index (χ0) is 11.3. The fourth-order valence-corrected chi connectivity index (χ4v) is 0.973. The van der Waals surface area contributed by atoms with Crippen LogP contribution in [0.25, 0.3) is 0 Å². The Hall–Kier alpha value is -1.59. The molecule has 6 heteroatoms. The van der Waals surface area contributed by atoms with Gasteiger partial charge in [-0.15, -0.1) is 0 Å². The maximum Gasteiger partial charge on any atom is 0.309 e. The van der Waals surface area contributed by atoms with E-state index in [2.05, 4.69) is 16.0 Å². The fraction of sp³-hybridized carbons (Fsp3) is 0.667. The molecule has 6 nitrogen and oxygen atoms in total. The third-order valence-electron chi connectivity index (χ3n) is 1.90. The van der Waals surface area contributed by atoms with Crippen LogP contribution in [0.2, 0.25) is 0 Å². The molecule has 0 unspecified atom stereocenters. The summed E-state index contributed by atoms with van der Waals surface area (Å²) in [4.78, 5) is 32.7. The van der Waals surface area contributed by atoms with E-state index in [1.54, 1.807) is 0 Å². The molecule has 0 bridgehead atoms. The van der Waals surface area contributed by atoms with Crippen LogP contribution in [0.4, 0.5) is 0 Å². The van der Waals surface area contributed by atoms with Gasteiger partial charge in [0.2, 0.25) is 5.91 Å². The molecule has 0 saturated heterocycles. The van der Waals surface area contributed by atoms with Gasteiger partial charge < -0.3 is 16.0 Å². The third kappa shape index (κ3) is 4.99. The van der Waals surface area contributed by atoms with Gasteiger partial charge in [-0.05, 0) is 12.8 Å². The van der Waals surface area contributed by atoms with Crippen LogP contribution in [0.3, 0.4) is 0 Å². The van der Waals surface area contributed by atoms with Crippen molar-refractivity contribution < 1.29 is 14.4 Å². The molecule has 1 aliphatic rings. The van der Waals surface area contributed by atoms with Crippen molar-refractivity contribution in [3.63, 3.8) is 0 Å². The van der Waals surface area contributed by atoms with Crippen molar-refractivity contribution >= 4 is 17.7 Å². The summed E-state index contributed by atoms with van der Waals surface area (Å²) in [5, 5.41) is 7.48. The quantitative estimate of drug-likeness (QED) is 0.393. The van der Waals surface area contributed by atoms with E-state index in [1.165, 1.54) is 6.92 Å². The lowest BCUT2D eigenvalue weighted by molar-refractivity contribution is -0.139. The van der Waals surface area contributed by atoms with E-state index >= 15 is 0 Å². The number of carbonyl (C=O) groups is 3. The van der Waals surface area contributed by atoms with Gasteiger partial charge in [0.25, 0.3) is 0 Å². The summed E-state index contributed by atoms with van der Waals surface area (Å²) in [6.45, 7) is 1.98. The van der Waals surface area contributed by atoms with Crippen LogP contribution in [0.15, 0.2) is 0 Å². The maximum absolute atomic E-state index is 11.1. The molecule has 0 heterocycles. The summed E-state index contributed by atoms with van der Waals surface area (Å²) in [7, 11) is 0. The molecule has 1 rings (SSSR count). The molecule has 1 saturated carbocycles. The molecule has 15 heavy (non-hydrogen) atoms. The van der Waals surface area contributed by atoms with Crippen LogP contribution in [0.5, 0.6) is 0 Å². The summed E-state index contributed by atoms with van der Waals surface area (Å²) in [6.07, 6.45) is 1.90. The Morgan fingerprint density at radius 3 is 2.20 bits per heavy atom. The number of nitrogens with one attached hydrogen (secondary N) is 3. The van der Waals surface area contributed by atoms with E-state index in [0.29, 0.717) is 6.54 Å². The molecular formula is C9H15N3O3. The topological polar surface area (TPSA) is 87.3 Å². The van der Waals surface area contributed by atoms with E-state index in [0.717, 1.165) is 12.8 Å². The fourth-order valence-electron chi connectivity index (χ4n) is 0.973. The lowest BCUT2D eigenvalue weighted by Crippen LogP contribution is -2.43. The molecular weight excluding hydrogens is 198 g/mol. The van der Waals surface area contributed by atoms with Crippen LogP contribution in [-0.2, 0) is 14.4 Å². The Kier molecular flexibility index (Phi) is 4.08. The standard InChI is InChI=1S/C9H15N3O3/c1-6(13)10-4-5-11-8(14)9(15)12-7-2-3-7/h7H,2-5H2,1H3,(H,10,13)(H,11,14)(H,12,15). The second kappa shape index (κ2) is 5.33. The second-order valence-corrected chi connectivity index (χ2v) is 3.49. The molecule has 0 aromatic heterocycles. The molecule has 0 aliphatic heterocycles. The smallest absolute Gasteiger partial charge is 0.309 e. The van der Waals surface area contributed by atoms with Crippen LogP contribution in [0, 0.1) is 0 Å². The predicted octanol–water partition coefficient (Wildman–Crippen LogP) is -1.48. The highest BCUT2D eigenvalue weighted by Crippen LogP contribution is 2.18. The van der Waals surface area contributed by atoms with Crippen molar-refractivity contribution in [3.8, 4) is 0 Å². The molecule has 0 aromatic carbocycles. The Bertz CT molecular complexity index is 274. The Morgan fingerprint density at radius 2 is 1.67 bits per heavy atom. The van der Waals surface area contributed by atoms with Gasteiger partial charge in [0.05, 0.1) is 0 Å². The van der Waals surface area contributed by atoms with E-state index in [-0.39, 0.29) is 18.5 Å². The minimum atomic E-state index is -0.646. The Labute approximate surface area is 87.8 Å². The molecule has 0 spiro atoms. The van der Waals surface area contributed by atoms with Crippen molar-refractivity contribution in [2.45, 2.75) is 25.8 Å². The first kappa shape index (κ1) is 11.5. The van der Waals surface area contributed by atoms with Gasteiger partial charge in [0, 0.05) is 26.1 Å². The minimum absolute atomic E-state index is 0.160. The van der Waals surface area contributed by atoms with E-state index in [4.69, 9.17) is 0 Å². The number of carbonyl (C=O) groups excluding carboxylic acids is 3. The van der Waals surface area contributed by atoms with E-state index < -0.39 is 11.8 Å². The summed E-state index contributed by atoms with van der Waals surface area (Å²) in [6, 6.07) is 0.179. The molecule has 1 aliphatic carbocycles. The first-order chi connectivity index (χ1) is 7.09. The number of hydrogen-bond donors (Lipinski definition) is 3. The van der Waals surface area contributed by atoms with E-state index in [1.807, 2.05) is 0 Å². The van der Waals surface area contributed by atoms with Gasteiger partial charge in [-0.25, -0.2) is 0 Å². The van der Waals surface area contributed by atoms with Crippen LogP contribution in [0.1, 0.15) is 19.8 Å². The molecule has 0 aromatic rings. The van der Waals surface area contributed by atoms with Crippen LogP contribution >= 0.6 is 0 Å².